The van der Waals surface area contributed by atoms with Gasteiger partial charge in [-0.3, -0.25) is 4.79 Å². The number of hydrogen-bond acceptors (Lipinski definition) is 5. The standard InChI is InChI=1S/C16H15ClN2O4/c1-21-15-4-3-10(9-18-15)16(20)19-12-8-14-13(7-11(12)17)22-5-2-6-23-14/h3-4,7-9H,2,5-6H2,1H3,(H,19,20). The zero-order valence-corrected chi connectivity index (χ0v) is 13.2. The number of nitrogens with zero attached hydrogens (tertiary/aromatic N) is 1. The predicted octanol–water partition coefficient (Wildman–Crippen LogP) is 3.16. The van der Waals surface area contributed by atoms with Gasteiger partial charge >= 0.3 is 0 Å². The van der Waals surface area contributed by atoms with Crippen LogP contribution in [0.1, 0.15) is 16.8 Å². The van der Waals surface area contributed by atoms with Gasteiger partial charge < -0.3 is 19.5 Å². The van der Waals surface area contributed by atoms with Crippen molar-refractivity contribution in [3.05, 3.63) is 41.0 Å². The second-order valence-corrected chi connectivity index (χ2v) is 5.28. The van der Waals surface area contributed by atoms with Gasteiger partial charge in [0.25, 0.3) is 5.91 Å². The van der Waals surface area contributed by atoms with E-state index in [-0.39, 0.29) is 5.91 Å². The Bertz CT molecular complexity index is 719. The van der Waals surface area contributed by atoms with E-state index in [4.69, 9.17) is 25.8 Å². The number of aromatic nitrogens is 1. The van der Waals surface area contributed by atoms with Gasteiger partial charge in [0.1, 0.15) is 0 Å². The molecule has 7 heteroatoms. The topological polar surface area (TPSA) is 69.7 Å². The maximum atomic E-state index is 12.3. The Hall–Kier alpha value is -2.47. The minimum Gasteiger partial charge on any atom is -0.490 e. The highest BCUT2D eigenvalue weighted by Crippen LogP contribution is 2.37. The zero-order valence-electron chi connectivity index (χ0n) is 12.5. The molecule has 0 fully saturated rings. The smallest absolute Gasteiger partial charge is 0.257 e. The number of anilines is 1. The average molecular weight is 335 g/mol. The molecule has 120 valence electrons. The van der Waals surface area contributed by atoms with Gasteiger partial charge in [-0.15, -0.1) is 0 Å². The Morgan fingerprint density at radius 2 is 2.00 bits per heavy atom. The summed E-state index contributed by atoms with van der Waals surface area (Å²) in [5, 5.41) is 3.13. The van der Waals surface area contributed by atoms with Gasteiger partial charge in [-0.05, 0) is 6.07 Å². The number of halogens is 1. The van der Waals surface area contributed by atoms with Crippen LogP contribution in [-0.4, -0.2) is 31.2 Å². The molecule has 0 atom stereocenters. The highest BCUT2D eigenvalue weighted by atomic mass is 35.5. The number of fused-ring (bicyclic) bond motifs is 1. The number of nitrogens with one attached hydrogen (secondary N) is 1. The van der Waals surface area contributed by atoms with Gasteiger partial charge in [0.15, 0.2) is 11.5 Å². The van der Waals surface area contributed by atoms with E-state index in [1.165, 1.54) is 13.3 Å². The molecule has 0 unspecified atom stereocenters. The van der Waals surface area contributed by atoms with Crippen molar-refractivity contribution in [3.8, 4) is 17.4 Å². The van der Waals surface area contributed by atoms with E-state index in [2.05, 4.69) is 10.3 Å². The van der Waals surface area contributed by atoms with E-state index in [1.54, 1.807) is 24.3 Å². The molecule has 6 nitrogen and oxygen atoms in total. The Kier molecular flexibility index (Phi) is 4.52. The summed E-state index contributed by atoms with van der Waals surface area (Å²) < 4.78 is 16.1. The van der Waals surface area contributed by atoms with Crippen LogP contribution in [0.2, 0.25) is 5.02 Å². The predicted molar refractivity (Wildman–Crippen MR) is 85.8 cm³/mol. The lowest BCUT2D eigenvalue weighted by atomic mass is 10.2. The van der Waals surface area contributed by atoms with E-state index >= 15 is 0 Å². The van der Waals surface area contributed by atoms with E-state index in [0.29, 0.717) is 46.9 Å². The molecule has 1 N–H and O–H groups in total. The lowest BCUT2D eigenvalue weighted by Gasteiger charge is -2.12. The van der Waals surface area contributed by atoms with Crippen LogP contribution in [-0.2, 0) is 0 Å². The molecule has 0 radical (unpaired) electrons. The Morgan fingerprint density at radius 1 is 1.26 bits per heavy atom. The number of carbonyl (C=O) groups is 1. The molecule has 23 heavy (non-hydrogen) atoms. The van der Waals surface area contributed by atoms with Gasteiger partial charge in [-0.1, -0.05) is 11.6 Å². The summed E-state index contributed by atoms with van der Waals surface area (Å²) in [6, 6.07) is 6.55. The average Bonchev–Trinajstić information content (AvgIpc) is 2.80. The monoisotopic (exact) mass is 334 g/mol. The Balaban J connectivity index is 1.81. The molecular formula is C16H15ClN2O4. The fraction of sp³-hybridized carbons (Fsp3) is 0.250. The van der Waals surface area contributed by atoms with E-state index in [9.17, 15) is 4.79 Å². The molecule has 2 aromatic rings. The second kappa shape index (κ2) is 6.75. The maximum Gasteiger partial charge on any atom is 0.257 e. The number of pyridine rings is 1. The van der Waals surface area contributed by atoms with Crippen LogP contribution in [0.15, 0.2) is 30.5 Å². The van der Waals surface area contributed by atoms with Crippen molar-refractivity contribution in [2.45, 2.75) is 6.42 Å². The van der Waals surface area contributed by atoms with Crippen molar-refractivity contribution < 1.29 is 19.0 Å². The summed E-state index contributed by atoms with van der Waals surface area (Å²) in [5.74, 6) is 1.26. The van der Waals surface area contributed by atoms with Gasteiger partial charge in [0.05, 0.1) is 36.6 Å². The van der Waals surface area contributed by atoms with Crippen LogP contribution in [0.5, 0.6) is 17.4 Å². The lowest BCUT2D eigenvalue weighted by Crippen LogP contribution is -2.12. The van der Waals surface area contributed by atoms with Crippen LogP contribution in [0, 0.1) is 0 Å². The normalized spacial score (nSPS) is 13.1. The summed E-state index contributed by atoms with van der Waals surface area (Å²) in [6.07, 6.45) is 2.23. The second-order valence-electron chi connectivity index (χ2n) is 4.87. The molecule has 1 aliphatic rings. The zero-order chi connectivity index (χ0) is 16.2. The Labute approximate surface area is 138 Å². The quantitative estimate of drug-likeness (QED) is 0.933. The third kappa shape index (κ3) is 3.48. The molecule has 0 saturated heterocycles. The first kappa shape index (κ1) is 15.4. The van der Waals surface area contributed by atoms with Crippen molar-refractivity contribution >= 4 is 23.2 Å². The van der Waals surface area contributed by atoms with Crippen LogP contribution >= 0.6 is 11.6 Å². The largest absolute Gasteiger partial charge is 0.490 e. The van der Waals surface area contributed by atoms with Gasteiger partial charge in [0, 0.05) is 30.8 Å². The van der Waals surface area contributed by atoms with Gasteiger partial charge in [-0.25, -0.2) is 4.98 Å². The molecule has 3 rings (SSSR count). The Morgan fingerprint density at radius 3 is 2.65 bits per heavy atom. The van der Waals surface area contributed by atoms with Crippen LogP contribution in [0.4, 0.5) is 5.69 Å². The molecule has 0 bridgehead atoms. The maximum absolute atomic E-state index is 12.3. The van der Waals surface area contributed by atoms with E-state index in [0.717, 1.165) is 6.42 Å². The van der Waals surface area contributed by atoms with Gasteiger partial charge in [-0.2, -0.15) is 0 Å². The molecule has 1 aliphatic heterocycles. The summed E-state index contributed by atoms with van der Waals surface area (Å²) in [7, 11) is 1.51. The first-order valence-corrected chi connectivity index (χ1v) is 7.45. The number of carbonyl (C=O) groups excluding carboxylic acids is 1. The molecular weight excluding hydrogens is 320 g/mol. The van der Waals surface area contributed by atoms with Gasteiger partial charge in [0.2, 0.25) is 5.88 Å². The van der Waals surface area contributed by atoms with E-state index in [1.807, 2.05) is 0 Å². The fourth-order valence-corrected chi connectivity index (χ4v) is 2.31. The molecule has 1 aromatic heterocycles. The van der Waals surface area contributed by atoms with Crippen molar-refractivity contribution in [3.63, 3.8) is 0 Å². The fourth-order valence-electron chi connectivity index (χ4n) is 2.11. The van der Waals surface area contributed by atoms with Crippen molar-refractivity contribution in [2.24, 2.45) is 0 Å². The number of benzene rings is 1. The van der Waals surface area contributed by atoms with Crippen molar-refractivity contribution in [1.29, 1.82) is 0 Å². The number of amides is 1. The molecule has 2 heterocycles. The molecule has 0 aliphatic carbocycles. The van der Waals surface area contributed by atoms with E-state index < -0.39 is 0 Å². The SMILES string of the molecule is COc1ccc(C(=O)Nc2cc3c(cc2Cl)OCCCO3)cn1. The molecule has 1 amide bonds. The number of rotatable bonds is 3. The summed E-state index contributed by atoms with van der Waals surface area (Å²) in [6.45, 7) is 1.14. The minimum atomic E-state index is -0.323. The highest BCUT2D eigenvalue weighted by molar-refractivity contribution is 6.34. The van der Waals surface area contributed by atoms with Crippen molar-refractivity contribution in [2.75, 3.05) is 25.6 Å². The van der Waals surface area contributed by atoms with Crippen molar-refractivity contribution in [1.82, 2.24) is 4.98 Å². The summed E-state index contributed by atoms with van der Waals surface area (Å²) >= 11 is 6.21. The molecule has 0 saturated carbocycles. The van der Waals surface area contributed by atoms with Crippen LogP contribution < -0.4 is 19.5 Å². The minimum absolute atomic E-state index is 0.323. The number of ether oxygens (including phenoxy) is 3. The number of hydrogen-bond donors (Lipinski definition) is 1. The number of methoxy groups -OCH3 is 1. The van der Waals surface area contributed by atoms with Crippen LogP contribution in [0.25, 0.3) is 0 Å². The molecule has 0 spiro atoms. The third-order valence-corrected chi connectivity index (χ3v) is 3.61. The summed E-state index contributed by atoms with van der Waals surface area (Å²) in [5.41, 5.74) is 0.853. The first-order valence-electron chi connectivity index (χ1n) is 7.08. The third-order valence-electron chi connectivity index (χ3n) is 3.29. The van der Waals surface area contributed by atoms with Crippen LogP contribution in [0.3, 0.4) is 0 Å². The lowest BCUT2D eigenvalue weighted by molar-refractivity contribution is 0.102. The summed E-state index contributed by atoms with van der Waals surface area (Å²) in [4.78, 5) is 16.3. The first-order chi connectivity index (χ1) is 11.2. The highest BCUT2D eigenvalue weighted by Gasteiger charge is 2.16. The molecule has 1 aromatic carbocycles.